The van der Waals surface area contributed by atoms with Crippen LogP contribution in [-0.2, 0) is 20.9 Å². The summed E-state index contributed by atoms with van der Waals surface area (Å²) >= 11 is 4.03. The number of thiazole rings is 1. The van der Waals surface area contributed by atoms with Crippen LogP contribution in [0.3, 0.4) is 0 Å². The first-order valence-corrected chi connectivity index (χ1v) is 15.2. The van der Waals surface area contributed by atoms with Gasteiger partial charge in [-0.1, -0.05) is 28.3 Å². The maximum Gasteiger partial charge on any atom is 0.353 e. The van der Waals surface area contributed by atoms with Gasteiger partial charge in [-0.2, -0.15) is 9.36 Å². The Morgan fingerprint density at radius 1 is 1.23 bits per heavy atom. The van der Waals surface area contributed by atoms with Crippen LogP contribution >= 0.6 is 46.4 Å². The number of aromatic nitrogens is 3. The normalized spacial score (nSPS) is 22.2. The molecule has 2 fully saturated rings. The summed E-state index contributed by atoms with van der Waals surface area (Å²) in [6.07, 6.45) is 2.13. The number of aliphatic carboxylic acids is 1. The van der Waals surface area contributed by atoms with Crippen molar-refractivity contribution in [1.29, 1.82) is 0 Å². The van der Waals surface area contributed by atoms with Gasteiger partial charge < -0.3 is 31.0 Å². The zero-order valence-electron chi connectivity index (χ0n) is 20.8. The first kappa shape index (κ1) is 28.3. The first-order valence-electron chi connectivity index (χ1n) is 11.8. The number of carboxylic acids is 2. The fourth-order valence-electron chi connectivity index (χ4n) is 4.77. The second-order valence-electron chi connectivity index (χ2n) is 9.44. The van der Waals surface area contributed by atoms with E-state index in [4.69, 9.17) is 5.73 Å². The zero-order chi connectivity index (χ0) is 28.8. The molecule has 0 radical (unpaired) electrons. The van der Waals surface area contributed by atoms with E-state index in [1.165, 1.54) is 11.8 Å². The SMILES string of the molecule is C[N+]1(Cc2nc(SC3=C(C(=O)O)N4C(=O)[C@@H](NC(=O)/C(=N\O)c5nsc(N)n5)C4SC3)sc2C(=O)O)CCCC1. The van der Waals surface area contributed by atoms with Gasteiger partial charge in [0.15, 0.2) is 9.47 Å². The molecule has 2 saturated heterocycles. The molecule has 6 N–H and O–H groups in total. The van der Waals surface area contributed by atoms with Crippen LogP contribution in [0.25, 0.3) is 0 Å². The van der Waals surface area contributed by atoms with Crippen LogP contribution in [0.2, 0.25) is 0 Å². The number of likely N-dealkylation sites (tertiary alicyclic amines) is 1. The van der Waals surface area contributed by atoms with Crippen molar-refractivity contribution in [3.63, 3.8) is 0 Å². The van der Waals surface area contributed by atoms with E-state index in [-0.39, 0.29) is 27.3 Å². The standard InChI is InChI=1S/C21H22N8O7S4/c1-29(4-2-3-5-29)6-8-13(19(34)35)39-21(23-8)38-9-7-37-17-11(16(31)28(17)12(9)18(32)33)24-15(30)10(26-36)14-25-20(22)40-27-14/h11,17H,2-7H2,1H3,(H5-,22,24,25,27,30,32,33,34,35,36)/p+1/t11-,17?/m1/s1. The summed E-state index contributed by atoms with van der Waals surface area (Å²) in [4.78, 5) is 59.8. The van der Waals surface area contributed by atoms with Crippen LogP contribution in [0.1, 0.15) is 34.0 Å². The van der Waals surface area contributed by atoms with Crippen LogP contribution in [0.5, 0.6) is 0 Å². The highest BCUT2D eigenvalue weighted by Gasteiger charge is 2.54. The van der Waals surface area contributed by atoms with Crippen LogP contribution < -0.4 is 11.1 Å². The van der Waals surface area contributed by atoms with E-state index in [0.717, 1.165) is 65.5 Å². The van der Waals surface area contributed by atoms with Gasteiger partial charge in [0.25, 0.3) is 11.8 Å². The van der Waals surface area contributed by atoms with Gasteiger partial charge in [-0.15, -0.1) is 11.8 Å². The van der Waals surface area contributed by atoms with Gasteiger partial charge in [0.1, 0.15) is 34.2 Å². The van der Waals surface area contributed by atoms with Crippen LogP contribution in [0.4, 0.5) is 5.13 Å². The molecule has 2 aromatic rings. The number of anilines is 1. The number of nitrogens with one attached hydrogen (secondary N) is 1. The summed E-state index contributed by atoms with van der Waals surface area (Å²) in [5, 5.41) is 33.7. The van der Waals surface area contributed by atoms with Crippen LogP contribution in [0.15, 0.2) is 20.1 Å². The van der Waals surface area contributed by atoms with Crippen molar-refractivity contribution in [2.45, 2.75) is 35.1 Å². The number of nitrogen functional groups attached to an aromatic ring is 1. The molecule has 3 aliphatic heterocycles. The van der Waals surface area contributed by atoms with Crippen molar-refractivity contribution in [2.24, 2.45) is 5.16 Å². The number of fused-ring (bicyclic) bond motifs is 1. The lowest BCUT2D eigenvalue weighted by molar-refractivity contribution is -0.911. The third-order valence-electron chi connectivity index (χ3n) is 6.65. The number of oxime groups is 1. The highest BCUT2D eigenvalue weighted by atomic mass is 32.2. The number of rotatable bonds is 9. The van der Waals surface area contributed by atoms with E-state index in [0.29, 0.717) is 26.0 Å². The number of carboxylic acid groups (broad SMARTS) is 2. The fraction of sp³-hybridized carbons (Fsp3) is 0.429. The molecule has 0 bridgehead atoms. The summed E-state index contributed by atoms with van der Waals surface area (Å²) in [5.74, 6) is -4.04. The van der Waals surface area contributed by atoms with E-state index in [2.05, 4.69) is 31.9 Å². The van der Waals surface area contributed by atoms with Crippen molar-refractivity contribution in [3.05, 3.63) is 27.0 Å². The molecule has 2 aromatic heterocycles. The third kappa shape index (κ3) is 5.26. The number of nitrogens with two attached hydrogens (primary N) is 1. The molecule has 212 valence electrons. The Morgan fingerprint density at radius 3 is 2.55 bits per heavy atom. The zero-order valence-corrected chi connectivity index (χ0v) is 24.0. The number of β-lactam (4-membered cyclic amide) rings is 1. The predicted molar refractivity (Wildman–Crippen MR) is 146 cm³/mol. The van der Waals surface area contributed by atoms with Gasteiger partial charge in [-0.05, 0) is 0 Å². The Bertz CT molecular complexity index is 1460. The minimum absolute atomic E-state index is 0.0496. The summed E-state index contributed by atoms with van der Waals surface area (Å²) in [6, 6.07) is -1.08. The molecule has 0 aromatic carbocycles. The molecule has 0 aliphatic carbocycles. The Balaban J connectivity index is 1.34. The molecule has 0 saturated carbocycles. The van der Waals surface area contributed by atoms with E-state index < -0.39 is 40.9 Å². The van der Waals surface area contributed by atoms with E-state index >= 15 is 0 Å². The van der Waals surface area contributed by atoms with Crippen molar-refractivity contribution in [3.8, 4) is 0 Å². The molecule has 2 amide bonds. The summed E-state index contributed by atoms with van der Waals surface area (Å²) in [5.41, 5.74) is 5.19. The lowest BCUT2D eigenvalue weighted by atomic mass is 10.0. The van der Waals surface area contributed by atoms with Crippen LogP contribution in [0, 0.1) is 0 Å². The second kappa shape index (κ2) is 11.0. The maximum absolute atomic E-state index is 13.0. The number of amides is 2. The number of thioether (sulfide) groups is 2. The fourth-order valence-corrected chi connectivity index (χ4v) is 8.86. The van der Waals surface area contributed by atoms with Gasteiger partial charge in [0.2, 0.25) is 11.5 Å². The van der Waals surface area contributed by atoms with Crippen LogP contribution in [-0.4, -0.2) is 106 Å². The number of quaternary nitrogens is 1. The Labute approximate surface area is 242 Å². The summed E-state index contributed by atoms with van der Waals surface area (Å²) in [7, 11) is 2.07. The Morgan fingerprint density at radius 2 is 1.95 bits per heavy atom. The van der Waals surface area contributed by atoms with Gasteiger partial charge in [-0.3, -0.25) is 14.5 Å². The average Bonchev–Trinajstić information content (AvgIpc) is 3.63. The number of aromatic carboxylic acids is 1. The quantitative estimate of drug-likeness (QED) is 0.0850. The van der Waals surface area contributed by atoms with E-state index in [1.54, 1.807) is 0 Å². The molecule has 40 heavy (non-hydrogen) atoms. The predicted octanol–water partition coefficient (Wildman–Crippen LogP) is 0.682. The molecular weight excluding hydrogens is 605 g/mol. The largest absolute Gasteiger partial charge is 0.477 e. The first-order chi connectivity index (χ1) is 19.0. The Hall–Kier alpha value is -3.26. The molecule has 15 nitrogen and oxygen atoms in total. The Kier molecular flexibility index (Phi) is 7.75. The molecule has 19 heteroatoms. The molecule has 5 heterocycles. The molecule has 1 unspecified atom stereocenters. The molecule has 2 atom stereocenters. The average molecular weight is 628 g/mol. The van der Waals surface area contributed by atoms with E-state index in [1.807, 2.05) is 0 Å². The molecular formula is C21H23N8O7S4+. The number of hydrogen-bond donors (Lipinski definition) is 5. The van der Waals surface area contributed by atoms with Gasteiger partial charge >= 0.3 is 11.9 Å². The highest BCUT2D eigenvalue weighted by Crippen LogP contribution is 2.46. The second-order valence-corrected chi connectivity index (χ2v) is 13.7. The van der Waals surface area contributed by atoms with Crippen molar-refractivity contribution >= 4 is 81.0 Å². The highest BCUT2D eigenvalue weighted by molar-refractivity contribution is 8.07. The van der Waals surface area contributed by atoms with Crippen molar-refractivity contribution < 1.29 is 39.1 Å². The third-order valence-corrected chi connectivity index (χ3v) is 10.9. The number of carbonyl (C=O) groups is 4. The number of hydrogen-bond acceptors (Lipinski definition) is 14. The van der Waals surface area contributed by atoms with Gasteiger partial charge in [0, 0.05) is 35.0 Å². The molecule has 0 spiro atoms. The minimum atomic E-state index is -1.34. The summed E-state index contributed by atoms with van der Waals surface area (Å²) < 4.78 is 4.89. The minimum Gasteiger partial charge on any atom is -0.477 e. The lowest BCUT2D eigenvalue weighted by Gasteiger charge is -2.49. The topological polar surface area (TPSA) is 221 Å². The smallest absolute Gasteiger partial charge is 0.353 e. The molecule has 5 rings (SSSR count). The lowest BCUT2D eigenvalue weighted by Crippen LogP contribution is -2.71. The number of nitrogens with zero attached hydrogens (tertiary/aromatic N) is 6. The van der Waals surface area contributed by atoms with Crippen molar-refractivity contribution in [1.82, 2.24) is 24.6 Å². The monoisotopic (exact) mass is 627 g/mol. The van der Waals surface area contributed by atoms with Gasteiger partial charge in [0.05, 0.1) is 20.1 Å². The maximum atomic E-state index is 13.0. The van der Waals surface area contributed by atoms with Crippen molar-refractivity contribution in [2.75, 3.05) is 31.6 Å². The van der Waals surface area contributed by atoms with Gasteiger partial charge in [-0.25, -0.2) is 14.6 Å². The summed E-state index contributed by atoms with van der Waals surface area (Å²) in [6.45, 7) is 2.33. The molecule has 3 aliphatic rings. The number of carbonyl (C=O) groups excluding carboxylic acids is 2. The van der Waals surface area contributed by atoms with E-state index in [9.17, 15) is 34.6 Å².